The van der Waals surface area contributed by atoms with Crippen molar-refractivity contribution in [1.82, 2.24) is 9.80 Å². The Bertz CT molecular complexity index is 985. The van der Waals surface area contributed by atoms with Gasteiger partial charge in [0.2, 0.25) is 0 Å². The van der Waals surface area contributed by atoms with E-state index in [1.54, 1.807) is 0 Å². The third-order valence-electron chi connectivity index (χ3n) is 7.75. The fourth-order valence-electron chi connectivity index (χ4n) is 6.08. The fourth-order valence-corrected chi connectivity index (χ4v) is 6.08. The molecular weight excluding hydrogens is 461 g/mol. The molecule has 1 aliphatic heterocycles. The van der Waals surface area contributed by atoms with Crippen molar-refractivity contribution in [2.45, 2.75) is 58.0 Å². The summed E-state index contributed by atoms with van der Waals surface area (Å²) >= 11 is 0. The van der Waals surface area contributed by atoms with Gasteiger partial charge in [0.1, 0.15) is 0 Å². The average Bonchev–Trinajstić information content (AvgIpc) is 3.25. The van der Waals surface area contributed by atoms with Gasteiger partial charge in [-0.25, -0.2) is 0 Å². The van der Waals surface area contributed by atoms with Crippen LogP contribution < -0.4 is 0 Å². The number of rotatable bonds is 8. The van der Waals surface area contributed by atoms with Crippen molar-refractivity contribution in [2.75, 3.05) is 32.7 Å². The Hall–Kier alpha value is -2.34. The summed E-state index contributed by atoms with van der Waals surface area (Å²) in [6.07, 6.45) is 1.96. The summed E-state index contributed by atoms with van der Waals surface area (Å²) in [5, 5.41) is 0. The molecule has 2 aliphatic rings. The van der Waals surface area contributed by atoms with Crippen LogP contribution in [-0.4, -0.2) is 48.4 Å². The molecule has 2 aromatic carbocycles. The summed E-state index contributed by atoms with van der Waals surface area (Å²) in [7, 11) is 0. The molecule has 4 rings (SSSR count). The molecule has 0 bridgehead atoms. The van der Waals surface area contributed by atoms with Gasteiger partial charge in [-0.1, -0.05) is 69.5 Å². The molecule has 6 heteroatoms. The van der Waals surface area contributed by atoms with Gasteiger partial charge >= 0.3 is 6.18 Å². The van der Waals surface area contributed by atoms with Crippen LogP contribution in [0.1, 0.15) is 73.4 Å². The highest BCUT2D eigenvalue weighted by Gasteiger charge is 2.38. The van der Waals surface area contributed by atoms with E-state index in [0.29, 0.717) is 30.5 Å². The Morgan fingerprint density at radius 3 is 2.39 bits per heavy atom. The zero-order valence-electron chi connectivity index (χ0n) is 21.5. The summed E-state index contributed by atoms with van der Waals surface area (Å²) in [5.41, 5.74) is 0.798. The highest BCUT2D eigenvalue weighted by atomic mass is 19.4. The first-order chi connectivity index (χ1) is 17.2. The van der Waals surface area contributed by atoms with E-state index in [9.17, 15) is 18.0 Å². The van der Waals surface area contributed by atoms with E-state index < -0.39 is 11.7 Å². The lowest BCUT2D eigenvalue weighted by molar-refractivity contribution is -0.137. The molecule has 36 heavy (non-hydrogen) atoms. The van der Waals surface area contributed by atoms with Gasteiger partial charge in [-0.3, -0.25) is 4.79 Å². The van der Waals surface area contributed by atoms with E-state index in [0.717, 1.165) is 31.3 Å². The van der Waals surface area contributed by atoms with Crippen LogP contribution in [0.2, 0.25) is 0 Å². The third kappa shape index (κ3) is 6.90. The molecule has 0 spiro atoms. The summed E-state index contributed by atoms with van der Waals surface area (Å²) in [4.78, 5) is 17.8. The number of alkyl halides is 3. The first-order valence-electron chi connectivity index (χ1n) is 13.4. The second-order valence-corrected chi connectivity index (χ2v) is 11.2. The smallest absolute Gasteiger partial charge is 0.338 e. The minimum Gasteiger partial charge on any atom is -0.338 e. The first-order valence-corrected chi connectivity index (χ1v) is 13.4. The van der Waals surface area contributed by atoms with Gasteiger partial charge in [0.05, 0.1) is 5.56 Å². The SMILES string of the molecule is CC(C)CN(CC1CN(CC2CCCCC2)CC1c1cccc(C(F)(F)F)c1)C(=O)c1ccccc1. The number of nitrogens with zero attached hydrogens (tertiary/aromatic N) is 2. The maximum absolute atomic E-state index is 13.5. The minimum atomic E-state index is -4.36. The number of carbonyl (C=O) groups is 1. The van der Waals surface area contributed by atoms with Crippen molar-refractivity contribution in [3.63, 3.8) is 0 Å². The fraction of sp³-hybridized carbons (Fsp3) is 0.567. The molecule has 1 aliphatic carbocycles. The van der Waals surface area contributed by atoms with Crippen LogP contribution in [0.25, 0.3) is 0 Å². The molecule has 1 amide bonds. The van der Waals surface area contributed by atoms with Crippen molar-refractivity contribution in [3.8, 4) is 0 Å². The van der Waals surface area contributed by atoms with Crippen molar-refractivity contribution in [2.24, 2.45) is 17.8 Å². The van der Waals surface area contributed by atoms with Gasteiger partial charge in [-0.2, -0.15) is 13.2 Å². The summed E-state index contributed by atoms with van der Waals surface area (Å²) in [6.45, 7) is 7.93. The van der Waals surface area contributed by atoms with Crippen LogP contribution in [-0.2, 0) is 6.18 Å². The quantitative estimate of drug-likeness (QED) is 0.386. The van der Waals surface area contributed by atoms with Crippen molar-refractivity contribution < 1.29 is 18.0 Å². The molecule has 2 unspecified atom stereocenters. The van der Waals surface area contributed by atoms with Crippen LogP contribution in [0, 0.1) is 17.8 Å². The molecular formula is C30H39F3N2O. The first kappa shape index (κ1) is 26.7. The van der Waals surface area contributed by atoms with Crippen molar-refractivity contribution in [1.29, 1.82) is 0 Å². The predicted molar refractivity (Wildman–Crippen MR) is 138 cm³/mol. The molecule has 0 N–H and O–H groups in total. The maximum atomic E-state index is 13.5. The van der Waals surface area contributed by atoms with Crippen LogP contribution >= 0.6 is 0 Å². The van der Waals surface area contributed by atoms with E-state index in [4.69, 9.17) is 0 Å². The van der Waals surface area contributed by atoms with Crippen LogP contribution in [0.3, 0.4) is 0 Å². The topological polar surface area (TPSA) is 23.6 Å². The number of benzene rings is 2. The molecule has 2 atom stereocenters. The molecule has 0 aromatic heterocycles. The molecule has 1 saturated carbocycles. The second kappa shape index (κ2) is 11.8. The number of hydrogen-bond donors (Lipinski definition) is 0. The van der Waals surface area contributed by atoms with Crippen molar-refractivity contribution in [3.05, 3.63) is 71.3 Å². The zero-order valence-corrected chi connectivity index (χ0v) is 21.5. The van der Waals surface area contributed by atoms with Crippen LogP contribution in [0.4, 0.5) is 13.2 Å². The molecule has 196 valence electrons. The average molecular weight is 501 g/mol. The van der Waals surface area contributed by atoms with Gasteiger partial charge < -0.3 is 9.80 Å². The lowest BCUT2D eigenvalue weighted by atomic mass is 9.87. The van der Waals surface area contributed by atoms with Gasteiger partial charge in [-0.15, -0.1) is 0 Å². The molecule has 1 heterocycles. The number of carbonyl (C=O) groups excluding carboxylic acids is 1. The monoisotopic (exact) mass is 500 g/mol. The maximum Gasteiger partial charge on any atom is 0.416 e. The molecule has 2 fully saturated rings. The Balaban J connectivity index is 1.59. The second-order valence-electron chi connectivity index (χ2n) is 11.2. The third-order valence-corrected chi connectivity index (χ3v) is 7.75. The van der Waals surface area contributed by atoms with E-state index >= 15 is 0 Å². The Morgan fingerprint density at radius 2 is 1.72 bits per heavy atom. The number of hydrogen-bond acceptors (Lipinski definition) is 2. The number of likely N-dealkylation sites (tertiary alicyclic amines) is 1. The summed E-state index contributed by atoms with van der Waals surface area (Å²) < 4.78 is 40.6. The molecule has 1 saturated heterocycles. The number of amides is 1. The number of halogens is 3. The molecule has 0 radical (unpaired) electrons. The Kier molecular flexibility index (Phi) is 8.76. The van der Waals surface area contributed by atoms with E-state index in [1.165, 1.54) is 44.2 Å². The zero-order chi connectivity index (χ0) is 25.7. The van der Waals surface area contributed by atoms with E-state index in [-0.39, 0.29) is 17.7 Å². The van der Waals surface area contributed by atoms with Gasteiger partial charge in [0, 0.05) is 44.2 Å². The highest BCUT2D eigenvalue weighted by Crippen LogP contribution is 2.38. The summed E-state index contributed by atoms with van der Waals surface area (Å²) in [6, 6.07) is 15.1. The highest BCUT2D eigenvalue weighted by molar-refractivity contribution is 5.94. The van der Waals surface area contributed by atoms with E-state index in [2.05, 4.69) is 18.7 Å². The predicted octanol–water partition coefficient (Wildman–Crippen LogP) is 7.10. The lowest BCUT2D eigenvalue weighted by Gasteiger charge is -2.30. The molecule has 2 aromatic rings. The van der Waals surface area contributed by atoms with Crippen LogP contribution in [0.5, 0.6) is 0 Å². The minimum absolute atomic E-state index is 0.00202. The van der Waals surface area contributed by atoms with Gasteiger partial charge in [0.25, 0.3) is 5.91 Å². The molecule has 3 nitrogen and oxygen atoms in total. The van der Waals surface area contributed by atoms with Gasteiger partial charge in [-0.05, 0) is 54.4 Å². The van der Waals surface area contributed by atoms with Crippen LogP contribution in [0.15, 0.2) is 54.6 Å². The summed E-state index contributed by atoms with van der Waals surface area (Å²) in [5.74, 6) is 1.01. The standard InChI is InChI=1S/C30H39F3N2O/c1-22(2)17-35(29(36)24-12-7-4-8-13-24)20-26-19-34(18-23-10-5-3-6-11-23)21-28(26)25-14-9-15-27(16-25)30(31,32)33/h4,7-9,12-16,22-23,26,28H,3,5-6,10-11,17-21H2,1-2H3. The normalized spacial score (nSPS) is 21.7. The Labute approximate surface area is 213 Å². The largest absolute Gasteiger partial charge is 0.416 e. The lowest BCUT2D eigenvalue weighted by Crippen LogP contribution is -2.40. The van der Waals surface area contributed by atoms with Gasteiger partial charge in [0.15, 0.2) is 0 Å². The van der Waals surface area contributed by atoms with Crippen molar-refractivity contribution >= 4 is 5.91 Å². The van der Waals surface area contributed by atoms with E-state index in [1.807, 2.05) is 41.3 Å². The Morgan fingerprint density at radius 1 is 1.00 bits per heavy atom.